The maximum atomic E-state index is 11.9. The summed E-state index contributed by atoms with van der Waals surface area (Å²) in [6, 6.07) is 6.84. The molecule has 0 aliphatic carbocycles. The number of halogens is 1. The molecule has 0 saturated heterocycles. The molecule has 0 saturated carbocycles. The second-order valence-electron chi connectivity index (χ2n) is 5.20. The number of nitrogens with one attached hydrogen (secondary N) is 2. The molecule has 0 fully saturated rings. The van der Waals surface area contributed by atoms with Gasteiger partial charge in [0.1, 0.15) is 0 Å². The Labute approximate surface area is 143 Å². The van der Waals surface area contributed by atoms with Crippen LogP contribution in [0.15, 0.2) is 28.7 Å². The molecule has 7 heteroatoms. The Bertz CT molecular complexity index is 563. The summed E-state index contributed by atoms with van der Waals surface area (Å²) in [4.78, 5) is 34.7. The fourth-order valence-electron chi connectivity index (χ4n) is 2.05. The summed E-state index contributed by atoms with van der Waals surface area (Å²) in [6.45, 7) is 1.99. The van der Waals surface area contributed by atoms with Gasteiger partial charge in [0, 0.05) is 10.9 Å². The molecule has 126 valence electrons. The number of rotatable bonds is 8. The van der Waals surface area contributed by atoms with Crippen LogP contribution in [0.2, 0.25) is 0 Å². The van der Waals surface area contributed by atoms with Crippen LogP contribution in [0.1, 0.15) is 49.4 Å². The summed E-state index contributed by atoms with van der Waals surface area (Å²) >= 11 is 3.25. The van der Waals surface area contributed by atoms with Crippen molar-refractivity contribution in [2.75, 3.05) is 0 Å². The second kappa shape index (κ2) is 9.99. The van der Waals surface area contributed by atoms with Crippen LogP contribution in [0.25, 0.3) is 0 Å². The molecule has 1 aromatic carbocycles. The first-order chi connectivity index (χ1) is 11.0. The lowest BCUT2D eigenvalue weighted by molar-refractivity contribution is -0.142. The van der Waals surface area contributed by atoms with Crippen molar-refractivity contribution < 1.29 is 19.5 Å². The highest BCUT2D eigenvalue weighted by Gasteiger charge is 2.18. The van der Waals surface area contributed by atoms with E-state index in [9.17, 15) is 14.4 Å². The highest BCUT2D eigenvalue weighted by atomic mass is 79.9. The van der Waals surface area contributed by atoms with Crippen LogP contribution in [-0.4, -0.2) is 22.9 Å². The van der Waals surface area contributed by atoms with Gasteiger partial charge in [-0.15, -0.1) is 0 Å². The van der Waals surface area contributed by atoms with Crippen LogP contribution < -0.4 is 10.9 Å². The topological polar surface area (TPSA) is 95.5 Å². The quantitative estimate of drug-likeness (QED) is 0.600. The van der Waals surface area contributed by atoms with E-state index in [1.54, 1.807) is 24.3 Å². The fourth-order valence-corrected chi connectivity index (χ4v) is 2.51. The van der Waals surface area contributed by atoms with Crippen molar-refractivity contribution in [3.63, 3.8) is 0 Å². The minimum atomic E-state index is -0.886. The number of carboxylic acids is 1. The van der Waals surface area contributed by atoms with Crippen molar-refractivity contribution in [3.05, 3.63) is 34.3 Å². The number of hydrogen-bond acceptors (Lipinski definition) is 3. The number of carbonyl (C=O) groups is 3. The van der Waals surface area contributed by atoms with E-state index in [0.29, 0.717) is 16.5 Å². The van der Waals surface area contributed by atoms with Crippen LogP contribution in [-0.2, 0) is 9.59 Å². The first kappa shape index (κ1) is 19.2. The highest BCUT2D eigenvalue weighted by molar-refractivity contribution is 9.10. The van der Waals surface area contributed by atoms with Crippen molar-refractivity contribution in [1.82, 2.24) is 10.9 Å². The van der Waals surface area contributed by atoms with Gasteiger partial charge in [-0.2, -0.15) is 0 Å². The first-order valence-corrected chi connectivity index (χ1v) is 8.31. The number of hydrazine groups is 1. The minimum absolute atomic E-state index is 0.0525. The smallest absolute Gasteiger partial charge is 0.306 e. The Kier molecular flexibility index (Phi) is 8.32. The number of hydrogen-bond donors (Lipinski definition) is 3. The zero-order chi connectivity index (χ0) is 17.2. The molecular weight excluding hydrogens is 364 g/mol. The molecular formula is C16H21BrN2O4. The number of carbonyl (C=O) groups excluding carboxylic acids is 2. The van der Waals surface area contributed by atoms with Gasteiger partial charge in [0.25, 0.3) is 5.91 Å². The maximum absolute atomic E-state index is 11.9. The molecule has 0 aliphatic rings. The van der Waals surface area contributed by atoms with Crippen LogP contribution in [0.5, 0.6) is 0 Å². The molecule has 0 aliphatic heterocycles. The third-order valence-electron chi connectivity index (χ3n) is 3.41. The van der Waals surface area contributed by atoms with Gasteiger partial charge in [0.05, 0.1) is 11.5 Å². The molecule has 0 aromatic heterocycles. The van der Waals surface area contributed by atoms with Gasteiger partial charge in [0.2, 0.25) is 5.91 Å². The van der Waals surface area contributed by atoms with Crippen molar-refractivity contribution in [1.29, 1.82) is 0 Å². The number of amides is 2. The van der Waals surface area contributed by atoms with E-state index >= 15 is 0 Å². The zero-order valence-electron chi connectivity index (χ0n) is 13.0. The molecule has 0 bridgehead atoms. The lowest BCUT2D eigenvalue weighted by atomic mass is 9.97. The summed E-state index contributed by atoms with van der Waals surface area (Å²) in [5.74, 6) is -2.26. The van der Waals surface area contributed by atoms with Gasteiger partial charge >= 0.3 is 5.97 Å². The molecule has 0 radical (unpaired) electrons. The van der Waals surface area contributed by atoms with E-state index in [1.807, 2.05) is 6.92 Å². The third-order valence-corrected chi connectivity index (χ3v) is 4.10. The van der Waals surface area contributed by atoms with Gasteiger partial charge in [-0.3, -0.25) is 25.2 Å². The summed E-state index contributed by atoms with van der Waals surface area (Å²) in [5.41, 5.74) is 5.03. The van der Waals surface area contributed by atoms with E-state index in [0.717, 1.165) is 12.8 Å². The van der Waals surface area contributed by atoms with Gasteiger partial charge in [-0.05, 0) is 40.9 Å². The number of aliphatic carboxylic acids is 1. The monoisotopic (exact) mass is 384 g/mol. The molecule has 1 rings (SSSR count). The molecule has 2 amide bonds. The second-order valence-corrected chi connectivity index (χ2v) is 6.05. The molecule has 0 unspecified atom stereocenters. The molecule has 0 spiro atoms. The van der Waals surface area contributed by atoms with Crippen molar-refractivity contribution >= 4 is 33.7 Å². The van der Waals surface area contributed by atoms with E-state index in [4.69, 9.17) is 5.11 Å². The fraction of sp³-hybridized carbons (Fsp3) is 0.438. The number of carboxylic acid groups (broad SMARTS) is 1. The molecule has 3 N–H and O–H groups in total. The predicted octanol–water partition coefficient (Wildman–Crippen LogP) is 2.88. The average molecular weight is 385 g/mol. The minimum Gasteiger partial charge on any atom is -0.481 e. The van der Waals surface area contributed by atoms with Gasteiger partial charge in [-0.25, -0.2) is 0 Å². The normalized spacial score (nSPS) is 11.6. The van der Waals surface area contributed by atoms with Crippen LogP contribution in [0.4, 0.5) is 0 Å². The van der Waals surface area contributed by atoms with E-state index in [2.05, 4.69) is 26.8 Å². The summed E-state index contributed by atoms with van der Waals surface area (Å²) < 4.78 is 0.622. The van der Waals surface area contributed by atoms with E-state index < -0.39 is 23.7 Å². The third kappa shape index (κ3) is 6.81. The number of unbranched alkanes of at least 4 members (excludes halogenated alkanes) is 1. The van der Waals surface area contributed by atoms with Gasteiger partial charge < -0.3 is 5.11 Å². The first-order valence-electron chi connectivity index (χ1n) is 7.52. The summed E-state index contributed by atoms with van der Waals surface area (Å²) in [5, 5.41) is 9.10. The summed E-state index contributed by atoms with van der Waals surface area (Å²) in [6.07, 6.45) is 2.60. The Morgan fingerprint density at radius 2 is 1.87 bits per heavy atom. The molecule has 0 heterocycles. The van der Waals surface area contributed by atoms with Gasteiger partial charge in [0.15, 0.2) is 0 Å². The van der Waals surface area contributed by atoms with Gasteiger partial charge in [-0.1, -0.05) is 31.9 Å². The maximum Gasteiger partial charge on any atom is 0.306 e. The average Bonchev–Trinajstić information content (AvgIpc) is 2.52. The lowest BCUT2D eigenvalue weighted by Gasteiger charge is -2.12. The molecule has 1 aromatic rings. The number of benzene rings is 1. The zero-order valence-corrected chi connectivity index (χ0v) is 14.6. The standard InChI is InChI=1S/C16H21BrN2O4/c1-2-3-6-11(16(22)23)9-10-14(20)18-19-15(21)12-7-4-5-8-13(12)17/h4-5,7-8,11H,2-3,6,9-10H2,1H3,(H,18,20)(H,19,21)(H,22,23)/t11-/m1/s1. The Balaban J connectivity index is 2.40. The van der Waals surface area contributed by atoms with Crippen LogP contribution >= 0.6 is 15.9 Å². The molecule has 6 nitrogen and oxygen atoms in total. The highest BCUT2D eigenvalue weighted by Crippen LogP contribution is 2.16. The van der Waals surface area contributed by atoms with Crippen LogP contribution in [0, 0.1) is 5.92 Å². The largest absolute Gasteiger partial charge is 0.481 e. The molecule has 1 atom stereocenters. The van der Waals surface area contributed by atoms with Crippen LogP contribution in [0.3, 0.4) is 0 Å². The lowest BCUT2D eigenvalue weighted by Crippen LogP contribution is -2.41. The molecule has 23 heavy (non-hydrogen) atoms. The van der Waals surface area contributed by atoms with E-state index in [1.165, 1.54) is 0 Å². The Morgan fingerprint density at radius 1 is 1.17 bits per heavy atom. The van der Waals surface area contributed by atoms with Crippen molar-refractivity contribution in [2.24, 2.45) is 5.92 Å². The SMILES string of the molecule is CCCC[C@H](CCC(=O)NNC(=O)c1ccccc1Br)C(=O)O. The predicted molar refractivity (Wildman–Crippen MR) is 89.6 cm³/mol. The Morgan fingerprint density at radius 3 is 2.48 bits per heavy atom. The Hall–Kier alpha value is -1.89. The van der Waals surface area contributed by atoms with Crippen molar-refractivity contribution in [3.8, 4) is 0 Å². The van der Waals surface area contributed by atoms with E-state index in [-0.39, 0.29) is 12.8 Å². The van der Waals surface area contributed by atoms with Crippen molar-refractivity contribution in [2.45, 2.75) is 39.0 Å². The summed E-state index contributed by atoms with van der Waals surface area (Å²) in [7, 11) is 0.